The number of hydrogen-bond acceptors (Lipinski definition) is 3. The van der Waals surface area contributed by atoms with Crippen molar-refractivity contribution in [3.63, 3.8) is 0 Å². The first-order valence-electron chi connectivity index (χ1n) is 6.08. The summed E-state index contributed by atoms with van der Waals surface area (Å²) in [5.41, 5.74) is 3.12. The quantitative estimate of drug-likeness (QED) is 0.783. The SMILES string of the molecule is C=CC/C(C)=C\C[C@H](O)/C(C)=C/c1csc(C)n1. The van der Waals surface area contributed by atoms with E-state index in [1.54, 1.807) is 11.3 Å². The maximum absolute atomic E-state index is 10.0. The number of hydrogen-bond donors (Lipinski definition) is 1. The van der Waals surface area contributed by atoms with Crippen molar-refractivity contribution < 1.29 is 5.11 Å². The lowest BCUT2D eigenvalue weighted by Gasteiger charge is -2.08. The fourth-order valence-corrected chi connectivity index (χ4v) is 2.16. The van der Waals surface area contributed by atoms with Crippen LogP contribution < -0.4 is 0 Å². The number of aryl methyl sites for hydroxylation is 1. The summed E-state index contributed by atoms with van der Waals surface area (Å²) in [5, 5.41) is 13.1. The van der Waals surface area contributed by atoms with E-state index in [-0.39, 0.29) is 0 Å². The molecule has 98 valence electrons. The van der Waals surface area contributed by atoms with Crippen LogP contribution in [-0.2, 0) is 0 Å². The van der Waals surface area contributed by atoms with Gasteiger partial charge in [0, 0.05) is 5.38 Å². The average molecular weight is 263 g/mol. The molecule has 0 fully saturated rings. The van der Waals surface area contributed by atoms with Gasteiger partial charge in [0.1, 0.15) is 0 Å². The molecule has 1 aromatic rings. The first-order valence-corrected chi connectivity index (χ1v) is 6.95. The highest BCUT2D eigenvalue weighted by molar-refractivity contribution is 7.09. The Balaban J connectivity index is 2.61. The monoisotopic (exact) mass is 263 g/mol. The molecule has 0 saturated heterocycles. The molecule has 1 atom stereocenters. The summed E-state index contributed by atoms with van der Waals surface area (Å²) in [5.74, 6) is 0. The van der Waals surface area contributed by atoms with Gasteiger partial charge in [0.05, 0.1) is 16.8 Å². The van der Waals surface area contributed by atoms with Crippen LogP contribution in [0.3, 0.4) is 0 Å². The van der Waals surface area contributed by atoms with Crippen molar-refractivity contribution in [3.8, 4) is 0 Å². The lowest BCUT2D eigenvalue weighted by Crippen LogP contribution is -2.06. The normalized spacial score (nSPS) is 14.7. The number of aliphatic hydroxyl groups excluding tert-OH is 1. The molecule has 0 bridgehead atoms. The molecule has 3 heteroatoms. The van der Waals surface area contributed by atoms with Crippen molar-refractivity contribution in [2.75, 3.05) is 0 Å². The molecule has 0 radical (unpaired) electrons. The minimum Gasteiger partial charge on any atom is -0.388 e. The van der Waals surface area contributed by atoms with Crippen LogP contribution in [0.25, 0.3) is 6.08 Å². The molecule has 1 aromatic heterocycles. The topological polar surface area (TPSA) is 33.1 Å². The Morgan fingerprint density at radius 3 is 2.83 bits per heavy atom. The first-order chi connectivity index (χ1) is 8.52. The van der Waals surface area contributed by atoms with Crippen LogP contribution in [0.1, 0.15) is 37.4 Å². The molecule has 1 N–H and O–H groups in total. The predicted molar refractivity (Wildman–Crippen MR) is 79.7 cm³/mol. The Labute approximate surface area is 113 Å². The van der Waals surface area contributed by atoms with E-state index in [2.05, 4.69) is 24.6 Å². The second-order valence-corrected chi connectivity index (χ2v) is 5.54. The maximum atomic E-state index is 10.0. The number of thiazole rings is 1. The molecule has 0 spiro atoms. The third kappa shape index (κ3) is 4.98. The van der Waals surface area contributed by atoms with Crippen molar-refractivity contribution >= 4 is 17.4 Å². The molecule has 0 aliphatic heterocycles. The predicted octanol–water partition coefficient (Wildman–Crippen LogP) is 4.13. The molecule has 0 saturated carbocycles. The van der Waals surface area contributed by atoms with Gasteiger partial charge in [-0.25, -0.2) is 4.98 Å². The molecule has 0 unspecified atom stereocenters. The van der Waals surface area contributed by atoms with Gasteiger partial charge in [-0.3, -0.25) is 0 Å². The van der Waals surface area contributed by atoms with Crippen molar-refractivity contribution in [2.45, 2.75) is 39.7 Å². The van der Waals surface area contributed by atoms with Crippen molar-refractivity contribution in [1.82, 2.24) is 4.98 Å². The van der Waals surface area contributed by atoms with Gasteiger partial charge in [-0.1, -0.05) is 17.7 Å². The van der Waals surface area contributed by atoms with Gasteiger partial charge in [-0.05, 0) is 45.3 Å². The van der Waals surface area contributed by atoms with Gasteiger partial charge in [0.2, 0.25) is 0 Å². The third-order valence-corrected chi connectivity index (χ3v) is 3.49. The van der Waals surface area contributed by atoms with Crippen LogP contribution in [-0.4, -0.2) is 16.2 Å². The molecular weight excluding hydrogens is 242 g/mol. The summed E-state index contributed by atoms with van der Waals surface area (Å²) in [6.07, 6.45) is 6.97. The summed E-state index contributed by atoms with van der Waals surface area (Å²) < 4.78 is 0. The average Bonchev–Trinajstić information content (AvgIpc) is 2.72. The van der Waals surface area contributed by atoms with Gasteiger partial charge in [0.25, 0.3) is 0 Å². The van der Waals surface area contributed by atoms with E-state index in [4.69, 9.17) is 0 Å². The lowest BCUT2D eigenvalue weighted by molar-refractivity contribution is 0.215. The van der Waals surface area contributed by atoms with E-state index in [1.165, 1.54) is 5.57 Å². The number of rotatable bonds is 6. The number of nitrogens with zero attached hydrogens (tertiary/aromatic N) is 1. The summed E-state index contributed by atoms with van der Waals surface area (Å²) in [6.45, 7) is 9.67. The fraction of sp³-hybridized carbons (Fsp3) is 0.400. The van der Waals surface area contributed by atoms with E-state index in [0.717, 1.165) is 22.7 Å². The molecule has 0 aliphatic carbocycles. The summed E-state index contributed by atoms with van der Waals surface area (Å²) in [7, 11) is 0. The molecule has 18 heavy (non-hydrogen) atoms. The highest BCUT2D eigenvalue weighted by atomic mass is 32.1. The van der Waals surface area contributed by atoms with Crippen LogP contribution in [0.2, 0.25) is 0 Å². The Morgan fingerprint density at radius 2 is 2.28 bits per heavy atom. The van der Waals surface area contributed by atoms with E-state index in [0.29, 0.717) is 6.42 Å². The van der Waals surface area contributed by atoms with Crippen LogP contribution in [0.5, 0.6) is 0 Å². The van der Waals surface area contributed by atoms with Crippen LogP contribution in [0.4, 0.5) is 0 Å². The smallest absolute Gasteiger partial charge is 0.0901 e. The largest absolute Gasteiger partial charge is 0.388 e. The Bertz CT molecular complexity index is 457. The molecule has 0 aromatic carbocycles. The fourth-order valence-electron chi connectivity index (χ4n) is 1.59. The zero-order valence-corrected chi connectivity index (χ0v) is 12.1. The molecule has 1 heterocycles. The Kier molecular flexibility index (Phi) is 6.02. The van der Waals surface area contributed by atoms with Crippen molar-refractivity contribution in [2.24, 2.45) is 0 Å². The zero-order valence-electron chi connectivity index (χ0n) is 11.3. The minimum absolute atomic E-state index is 0.438. The van der Waals surface area contributed by atoms with Gasteiger partial charge >= 0.3 is 0 Å². The number of aliphatic hydroxyl groups is 1. The summed E-state index contributed by atoms with van der Waals surface area (Å²) >= 11 is 1.62. The summed E-state index contributed by atoms with van der Waals surface area (Å²) in [6, 6.07) is 0. The Morgan fingerprint density at radius 1 is 1.56 bits per heavy atom. The maximum Gasteiger partial charge on any atom is 0.0901 e. The van der Waals surface area contributed by atoms with Gasteiger partial charge in [0.15, 0.2) is 0 Å². The highest BCUT2D eigenvalue weighted by Gasteiger charge is 2.05. The molecule has 1 rings (SSSR count). The van der Waals surface area contributed by atoms with Crippen molar-refractivity contribution in [3.05, 3.63) is 46.0 Å². The van der Waals surface area contributed by atoms with E-state index in [9.17, 15) is 5.11 Å². The van der Waals surface area contributed by atoms with Gasteiger partial charge < -0.3 is 5.11 Å². The van der Waals surface area contributed by atoms with Crippen LogP contribution in [0, 0.1) is 6.92 Å². The van der Waals surface area contributed by atoms with Crippen LogP contribution in [0.15, 0.2) is 35.3 Å². The van der Waals surface area contributed by atoms with Crippen LogP contribution >= 0.6 is 11.3 Å². The first kappa shape index (κ1) is 14.9. The molecule has 2 nitrogen and oxygen atoms in total. The second-order valence-electron chi connectivity index (χ2n) is 4.47. The molecular formula is C15H21NOS. The minimum atomic E-state index is -0.438. The number of allylic oxidation sites excluding steroid dienone is 2. The molecule has 0 amide bonds. The zero-order chi connectivity index (χ0) is 13.5. The highest BCUT2D eigenvalue weighted by Crippen LogP contribution is 2.15. The standard InChI is InChI=1S/C15H21NOS/c1-5-6-11(2)7-8-15(17)12(3)9-14-10-18-13(4)16-14/h5,7,9-10,15,17H,1,6,8H2,2-4H3/b11-7-,12-9+/t15-/m0/s1. The van der Waals surface area contributed by atoms with E-state index in [1.807, 2.05) is 31.4 Å². The Hall–Kier alpha value is -1.19. The van der Waals surface area contributed by atoms with Gasteiger partial charge in [-0.2, -0.15) is 0 Å². The summed E-state index contributed by atoms with van der Waals surface area (Å²) in [4.78, 5) is 4.36. The lowest BCUT2D eigenvalue weighted by atomic mass is 10.0. The molecule has 0 aliphatic rings. The van der Waals surface area contributed by atoms with E-state index < -0.39 is 6.10 Å². The third-order valence-electron chi connectivity index (χ3n) is 2.69. The van der Waals surface area contributed by atoms with E-state index >= 15 is 0 Å². The number of aromatic nitrogens is 1. The van der Waals surface area contributed by atoms with Gasteiger partial charge in [-0.15, -0.1) is 17.9 Å². The second kappa shape index (κ2) is 7.29. The van der Waals surface area contributed by atoms with Crippen molar-refractivity contribution in [1.29, 1.82) is 0 Å².